The topological polar surface area (TPSA) is 117 Å². The number of urea groups is 1. The van der Waals surface area contributed by atoms with Crippen molar-refractivity contribution in [3.63, 3.8) is 0 Å². The van der Waals surface area contributed by atoms with Crippen molar-refractivity contribution in [2.24, 2.45) is 0 Å². The zero-order valence-corrected chi connectivity index (χ0v) is 19.3. The van der Waals surface area contributed by atoms with Crippen molar-refractivity contribution >= 4 is 33.3 Å². The maximum Gasteiger partial charge on any atom is 0.319 e. The Kier molecular flexibility index (Phi) is 8.50. The van der Waals surface area contributed by atoms with Crippen LogP contribution in [0.2, 0.25) is 5.02 Å². The summed E-state index contributed by atoms with van der Waals surface area (Å²) < 4.78 is 33.9. The Morgan fingerprint density at radius 3 is 2.47 bits per heavy atom. The molecule has 8 nitrogen and oxygen atoms in total. The Morgan fingerprint density at radius 1 is 1.12 bits per heavy atom. The summed E-state index contributed by atoms with van der Waals surface area (Å²) in [5.41, 5.74) is 1.60. The highest BCUT2D eigenvalue weighted by Gasteiger charge is 2.33. The number of carbonyl (C=O) groups is 1. The first-order valence-corrected chi connectivity index (χ1v) is 12.3. The summed E-state index contributed by atoms with van der Waals surface area (Å²) in [5.74, 6) is 0. The third-order valence-electron chi connectivity index (χ3n) is 5.29. The van der Waals surface area contributed by atoms with Crippen molar-refractivity contribution < 1.29 is 23.1 Å². The summed E-state index contributed by atoms with van der Waals surface area (Å²) >= 11 is 5.83. The first-order valence-electron chi connectivity index (χ1n) is 10.4. The summed E-state index contributed by atoms with van der Waals surface area (Å²) in [6, 6.07) is 12.5. The number of halogens is 1. The third kappa shape index (κ3) is 6.91. The fourth-order valence-corrected chi connectivity index (χ4v) is 4.94. The van der Waals surface area contributed by atoms with Crippen LogP contribution in [-0.4, -0.2) is 51.0 Å². The van der Waals surface area contributed by atoms with Crippen LogP contribution in [0.3, 0.4) is 0 Å². The average Bonchev–Trinajstić information content (AvgIpc) is 2.76. The molecule has 2 aromatic carbocycles. The minimum Gasteiger partial charge on any atom is -0.394 e. The quantitative estimate of drug-likeness (QED) is 0.462. The number of nitrogens with one attached hydrogen (secondary N) is 3. The van der Waals surface area contributed by atoms with Crippen LogP contribution in [0.1, 0.15) is 24.8 Å². The molecule has 1 saturated heterocycles. The van der Waals surface area contributed by atoms with Gasteiger partial charge in [-0.3, -0.25) is 0 Å². The van der Waals surface area contributed by atoms with E-state index in [4.69, 9.17) is 16.3 Å². The lowest BCUT2D eigenvalue weighted by molar-refractivity contribution is -0.0871. The van der Waals surface area contributed by atoms with Crippen LogP contribution >= 0.6 is 11.6 Å². The molecule has 0 spiro atoms. The van der Waals surface area contributed by atoms with E-state index in [2.05, 4.69) is 15.4 Å². The molecule has 4 N–H and O–H groups in total. The summed E-state index contributed by atoms with van der Waals surface area (Å²) in [6.07, 6.45) is 0.831. The molecule has 0 aliphatic carbocycles. The molecule has 32 heavy (non-hydrogen) atoms. The second kappa shape index (κ2) is 11.1. The molecule has 1 aliphatic rings. The van der Waals surface area contributed by atoms with E-state index in [-0.39, 0.29) is 23.6 Å². The highest BCUT2D eigenvalue weighted by atomic mass is 35.5. The number of aryl methyl sites for hydroxylation is 1. The van der Waals surface area contributed by atoms with Gasteiger partial charge in [-0.2, -0.15) is 0 Å². The van der Waals surface area contributed by atoms with Crippen LogP contribution < -0.4 is 15.4 Å². The van der Waals surface area contributed by atoms with Crippen molar-refractivity contribution in [2.75, 3.05) is 18.5 Å². The van der Waals surface area contributed by atoms with Crippen molar-refractivity contribution in [3.05, 3.63) is 59.1 Å². The lowest BCUT2D eigenvalue weighted by atomic mass is 9.98. The van der Waals surface area contributed by atoms with E-state index in [1.807, 2.05) is 6.92 Å². The SMILES string of the molecule is Cc1ccc(S(=O)(=O)N[C@@H]2CC[C@H](CCNC(=O)Nc3ccc(Cl)cc3)O[C@H]2CO)cc1. The maximum absolute atomic E-state index is 12.7. The van der Waals surface area contributed by atoms with Gasteiger partial charge in [0.1, 0.15) is 0 Å². The number of sulfonamides is 1. The van der Waals surface area contributed by atoms with Crippen LogP contribution in [0.5, 0.6) is 0 Å². The number of aliphatic hydroxyl groups excluding tert-OH is 1. The van der Waals surface area contributed by atoms with Gasteiger partial charge in [0.2, 0.25) is 10.0 Å². The number of benzene rings is 2. The lowest BCUT2D eigenvalue weighted by Crippen LogP contribution is -2.51. The molecule has 174 valence electrons. The van der Waals surface area contributed by atoms with Gasteiger partial charge in [-0.05, 0) is 62.6 Å². The average molecular weight is 482 g/mol. The fraction of sp³-hybridized carbons (Fsp3) is 0.409. The normalized spacial score (nSPS) is 21.2. The molecule has 1 heterocycles. The molecule has 3 atom stereocenters. The Balaban J connectivity index is 1.46. The van der Waals surface area contributed by atoms with Crippen molar-refractivity contribution in [1.82, 2.24) is 10.0 Å². The molecule has 0 saturated carbocycles. The maximum atomic E-state index is 12.7. The highest BCUT2D eigenvalue weighted by molar-refractivity contribution is 7.89. The molecule has 0 radical (unpaired) electrons. The van der Waals surface area contributed by atoms with Crippen molar-refractivity contribution in [3.8, 4) is 0 Å². The number of ether oxygens (including phenoxy) is 1. The molecule has 10 heteroatoms. The Bertz CT molecular complexity index is 999. The second-order valence-electron chi connectivity index (χ2n) is 7.77. The van der Waals surface area contributed by atoms with Gasteiger partial charge in [0, 0.05) is 17.3 Å². The van der Waals surface area contributed by atoms with Crippen LogP contribution in [-0.2, 0) is 14.8 Å². The molecular weight excluding hydrogens is 454 g/mol. The van der Waals surface area contributed by atoms with Crippen LogP contribution in [0, 0.1) is 6.92 Å². The van der Waals surface area contributed by atoms with Crippen molar-refractivity contribution in [1.29, 1.82) is 0 Å². The van der Waals surface area contributed by atoms with E-state index in [0.29, 0.717) is 36.5 Å². The zero-order chi connectivity index (χ0) is 23.1. The van der Waals surface area contributed by atoms with Gasteiger partial charge < -0.3 is 20.5 Å². The van der Waals surface area contributed by atoms with Crippen LogP contribution in [0.15, 0.2) is 53.4 Å². The molecule has 0 bridgehead atoms. The molecule has 3 rings (SSSR count). The second-order valence-corrected chi connectivity index (χ2v) is 9.92. The monoisotopic (exact) mass is 481 g/mol. The van der Waals surface area contributed by atoms with Gasteiger partial charge in [0.15, 0.2) is 0 Å². The number of anilines is 1. The standard InChI is InChI=1S/C22H28ClN3O5S/c1-15-2-9-19(10-3-15)32(29,30)26-20-11-8-18(31-21(20)14-27)12-13-24-22(28)25-17-6-4-16(23)5-7-17/h2-7,9-10,18,20-21,26-27H,8,11-14H2,1H3,(H2,24,25,28)/t18-,20-,21+/m1/s1. The van der Waals surface area contributed by atoms with Gasteiger partial charge in [-0.1, -0.05) is 29.3 Å². The molecule has 1 aliphatic heterocycles. The summed E-state index contributed by atoms with van der Waals surface area (Å²) in [7, 11) is -3.71. The van der Waals surface area contributed by atoms with Gasteiger partial charge in [-0.25, -0.2) is 17.9 Å². The third-order valence-corrected chi connectivity index (χ3v) is 7.05. The zero-order valence-electron chi connectivity index (χ0n) is 17.8. The fourth-order valence-electron chi connectivity index (χ4n) is 3.52. The molecule has 2 aromatic rings. The predicted molar refractivity (Wildman–Crippen MR) is 123 cm³/mol. The molecule has 1 fully saturated rings. The van der Waals surface area contributed by atoms with E-state index in [1.165, 1.54) is 0 Å². The number of amides is 2. The van der Waals surface area contributed by atoms with E-state index in [0.717, 1.165) is 5.56 Å². The van der Waals surface area contributed by atoms with E-state index in [1.54, 1.807) is 48.5 Å². The first kappa shape index (κ1) is 24.5. The van der Waals surface area contributed by atoms with Crippen LogP contribution in [0.4, 0.5) is 10.5 Å². The van der Waals surface area contributed by atoms with Crippen molar-refractivity contribution in [2.45, 2.75) is 49.3 Å². The summed E-state index contributed by atoms with van der Waals surface area (Å²) in [4.78, 5) is 12.2. The Labute approximate surface area is 193 Å². The summed E-state index contributed by atoms with van der Waals surface area (Å²) in [5, 5.41) is 15.8. The number of rotatable bonds is 8. The number of carbonyl (C=O) groups excluding carboxylic acids is 1. The molecule has 0 unspecified atom stereocenters. The molecular formula is C22H28ClN3O5S. The van der Waals surface area contributed by atoms with Crippen LogP contribution in [0.25, 0.3) is 0 Å². The number of aliphatic hydroxyl groups is 1. The van der Waals surface area contributed by atoms with E-state index < -0.39 is 22.2 Å². The largest absolute Gasteiger partial charge is 0.394 e. The van der Waals surface area contributed by atoms with Gasteiger partial charge in [-0.15, -0.1) is 0 Å². The van der Waals surface area contributed by atoms with E-state index in [9.17, 15) is 18.3 Å². The van der Waals surface area contributed by atoms with Gasteiger partial charge in [0.25, 0.3) is 0 Å². The van der Waals surface area contributed by atoms with E-state index >= 15 is 0 Å². The lowest BCUT2D eigenvalue weighted by Gasteiger charge is -2.36. The molecule has 0 aromatic heterocycles. The first-order chi connectivity index (χ1) is 15.3. The van der Waals surface area contributed by atoms with Gasteiger partial charge in [0.05, 0.1) is 29.8 Å². The Morgan fingerprint density at radius 2 is 1.81 bits per heavy atom. The minimum atomic E-state index is -3.71. The highest BCUT2D eigenvalue weighted by Crippen LogP contribution is 2.23. The minimum absolute atomic E-state index is 0.179. The predicted octanol–water partition coefficient (Wildman–Crippen LogP) is 3.05. The summed E-state index contributed by atoms with van der Waals surface area (Å²) in [6.45, 7) is 1.96. The number of hydrogen-bond acceptors (Lipinski definition) is 5. The number of hydrogen-bond donors (Lipinski definition) is 4. The van der Waals surface area contributed by atoms with Gasteiger partial charge >= 0.3 is 6.03 Å². The molecule has 2 amide bonds. The smallest absolute Gasteiger partial charge is 0.319 e. The Hall–Kier alpha value is -2.17.